The summed E-state index contributed by atoms with van der Waals surface area (Å²) in [5, 5.41) is 6.73. The Morgan fingerprint density at radius 3 is 2.42 bits per heavy atom. The SMILES string of the molecule is Cn1nc(CC(F)F)cc1C(=O)NCc1ccc(C(C)(C)C)cc1. The summed E-state index contributed by atoms with van der Waals surface area (Å²) in [7, 11) is 1.57. The molecule has 0 unspecified atom stereocenters. The lowest BCUT2D eigenvalue weighted by Crippen LogP contribution is -2.25. The Kier molecular flexibility index (Phi) is 5.36. The quantitative estimate of drug-likeness (QED) is 0.910. The summed E-state index contributed by atoms with van der Waals surface area (Å²) in [6, 6.07) is 9.46. The molecule has 0 bridgehead atoms. The van der Waals surface area contributed by atoms with E-state index in [9.17, 15) is 13.6 Å². The average molecular weight is 335 g/mol. The summed E-state index contributed by atoms with van der Waals surface area (Å²) in [4.78, 5) is 12.2. The standard InChI is InChI=1S/C18H23F2N3O/c1-18(2,3)13-7-5-12(6-8-13)11-21-17(24)15-9-14(10-16(19)20)22-23(15)4/h5-9,16H,10-11H2,1-4H3,(H,21,24). The van der Waals surface area contributed by atoms with E-state index in [1.54, 1.807) is 7.05 Å². The lowest BCUT2D eigenvalue weighted by molar-refractivity contribution is 0.0941. The summed E-state index contributed by atoms with van der Waals surface area (Å²) in [5.41, 5.74) is 2.77. The fourth-order valence-electron chi connectivity index (χ4n) is 2.39. The van der Waals surface area contributed by atoms with E-state index >= 15 is 0 Å². The van der Waals surface area contributed by atoms with Crippen molar-refractivity contribution >= 4 is 5.91 Å². The number of benzene rings is 1. The second kappa shape index (κ2) is 7.11. The third kappa shape index (κ3) is 4.63. The van der Waals surface area contributed by atoms with E-state index in [4.69, 9.17) is 0 Å². The summed E-state index contributed by atoms with van der Waals surface area (Å²) < 4.78 is 26.1. The first-order chi connectivity index (χ1) is 11.2. The van der Waals surface area contributed by atoms with Crippen LogP contribution in [0.1, 0.15) is 48.1 Å². The number of nitrogens with one attached hydrogen (secondary N) is 1. The molecule has 4 nitrogen and oxygen atoms in total. The van der Waals surface area contributed by atoms with Gasteiger partial charge in [-0.15, -0.1) is 0 Å². The molecule has 6 heteroatoms. The molecule has 2 rings (SSSR count). The van der Waals surface area contributed by atoms with Gasteiger partial charge in [0, 0.05) is 13.6 Å². The van der Waals surface area contributed by atoms with Crippen LogP contribution in [0.25, 0.3) is 0 Å². The number of carbonyl (C=O) groups excluding carboxylic acids is 1. The number of halogens is 2. The molecule has 0 atom stereocenters. The van der Waals surface area contributed by atoms with E-state index in [2.05, 4.69) is 31.2 Å². The van der Waals surface area contributed by atoms with Crippen molar-refractivity contribution in [3.63, 3.8) is 0 Å². The predicted octanol–water partition coefficient (Wildman–Crippen LogP) is 3.46. The molecule has 0 aliphatic rings. The molecule has 0 aliphatic heterocycles. The number of nitrogens with zero attached hydrogens (tertiary/aromatic N) is 2. The zero-order valence-electron chi connectivity index (χ0n) is 14.4. The highest BCUT2D eigenvalue weighted by Gasteiger charge is 2.16. The molecule has 24 heavy (non-hydrogen) atoms. The van der Waals surface area contributed by atoms with Crippen LogP contribution in [0.2, 0.25) is 0 Å². The van der Waals surface area contributed by atoms with Crippen molar-refractivity contribution in [1.82, 2.24) is 15.1 Å². The van der Waals surface area contributed by atoms with Crippen molar-refractivity contribution in [1.29, 1.82) is 0 Å². The number of aryl methyl sites for hydroxylation is 1. The summed E-state index contributed by atoms with van der Waals surface area (Å²) in [6.45, 7) is 6.80. The molecular formula is C18H23F2N3O. The maximum Gasteiger partial charge on any atom is 0.269 e. The first-order valence-corrected chi connectivity index (χ1v) is 7.85. The molecule has 130 valence electrons. The molecule has 0 saturated carbocycles. The van der Waals surface area contributed by atoms with Crippen LogP contribution in [0.4, 0.5) is 8.78 Å². The fourth-order valence-corrected chi connectivity index (χ4v) is 2.39. The molecule has 1 amide bonds. The molecule has 0 saturated heterocycles. The largest absolute Gasteiger partial charge is 0.347 e. The molecule has 1 aromatic carbocycles. The first kappa shape index (κ1) is 18.1. The van der Waals surface area contributed by atoms with Gasteiger partial charge in [-0.1, -0.05) is 45.0 Å². The molecule has 0 fully saturated rings. The highest BCUT2D eigenvalue weighted by atomic mass is 19.3. The smallest absolute Gasteiger partial charge is 0.269 e. The van der Waals surface area contributed by atoms with Gasteiger partial charge in [-0.2, -0.15) is 5.10 Å². The van der Waals surface area contributed by atoms with Crippen molar-refractivity contribution in [2.75, 3.05) is 0 Å². The van der Waals surface area contributed by atoms with Crippen LogP contribution in [-0.4, -0.2) is 22.1 Å². The van der Waals surface area contributed by atoms with E-state index in [1.165, 1.54) is 16.3 Å². The van der Waals surface area contributed by atoms with Crippen molar-refractivity contribution < 1.29 is 13.6 Å². The second-order valence-electron chi connectivity index (χ2n) is 6.87. The number of carbonyl (C=O) groups is 1. The topological polar surface area (TPSA) is 46.9 Å². The van der Waals surface area contributed by atoms with Gasteiger partial charge in [0.05, 0.1) is 12.1 Å². The van der Waals surface area contributed by atoms with Crippen molar-refractivity contribution in [3.8, 4) is 0 Å². The van der Waals surface area contributed by atoms with Gasteiger partial charge in [0.1, 0.15) is 5.69 Å². The summed E-state index contributed by atoms with van der Waals surface area (Å²) in [6.07, 6.45) is -2.92. The van der Waals surface area contributed by atoms with E-state index in [0.29, 0.717) is 6.54 Å². The van der Waals surface area contributed by atoms with Crippen molar-refractivity contribution in [2.45, 2.75) is 45.6 Å². The molecule has 0 radical (unpaired) electrons. The molecule has 2 aromatic rings. The summed E-state index contributed by atoms with van der Waals surface area (Å²) in [5.74, 6) is -0.328. The van der Waals surface area contributed by atoms with Crippen LogP contribution in [0.3, 0.4) is 0 Å². The second-order valence-corrected chi connectivity index (χ2v) is 6.87. The highest BCUT2D eigenvalue weighted by molar-refractivity contribution is 5.92. The van der Waals surface area contributed by atoms with Gasteiger partial charge in [-0.3, -0.25) is 9.48 Å². The first-order valence-electron chi connectivity index (χ1n) is 7.85. The number of amides is 1. The Hall–Kier alpha value is -2.24. The van der Waals surface area contributed by atoms with Gasteiger partial charge >= 0.3 is 0 Å². The van der Waals surface area contributed by atoms with Crippen LogP contribution in [0, 0.1) is 0 Å². The minimum atomic E-state index is -2.47. The average Bonchev–Trinajstić information content (AvgIpc) is 2.84. The number of hydrogen-bond donors (Lipinski definition) is 1. The third-order valence-electron chi connectivity index (χ3n) is 3.80. The van der Waals surface area contributed by atoms with Crippen LogP contribution < -0.4 is 5.32 Å². The number of rotatable bonds is 5. The minimum Gasteiger partial charge on any atom is -0.347 e. The Bertz CT molecular complexity index is 700. The van der Waals surface area contributed by atoms with E-state index in [0.717, 1.165) is 5.56 Å². The molecule has 1 heterocycles. The van der Waals surface area contributed by atoms with Gasteiger partial charge < -0.3 is 5.32 Å². The summed E-state index contributed by atoms with van der Waals surface area (Å²) >= 11 is 0. The van der Waals surface area contributed by atoms with E-state index in [1.807, 2.05) is 24.3 Å². The Labute approximate surface area is 140 Å². The Morgan fingerprint density at radius 2 is 1.88 bits per heavy atom. The van der Waals surface area contributed by atoms with E-state index < -0.39 is 12.8 Å². The van der Waals surface area contributed by atoms with Gasteiger partial charge in [0.2, 0.25) is 6.43 Å². The lowest BCUT2D eigenvalue weighted by Gasteiger charge is -2.19. The zero-order valence-corrected chi connectivity index (χ0v) is 14.4. The Morgan fingerprint density at radius 1 is 1.25 bits per heavy atom. The van der Waals surface area contributed by atoms with Crippen molar-refractivity contribution in [2.24, 2.45) is 7.05 Å². The molecule has 0 aliphatic carbocycles. The van der Waals surface area contributed by atoms with Gasteiger partial charge in [0.15, 0.2) is 0 Å². The van der Waals surface area contributed by atoms with Crippen LogP contribution >= 0.6 is 0 Å². The van der Waals surface area contributed by atoms with Gasteiger partial charge in [-0.05, 0) is 22.6 Å². The number of hydrogen-bond acceptors (Lipinski definition) is 2. The molecular weight excluding hydrogens is 312 g/mol. The van der Waals surface area contributed by atoms with Crippen LogP contribution in [0.15, 0.2) is 30.3 Å². The van der Waals surface area contributed by atoms with E-state index in [-0.39, 0.29) is 22.7 Å². The maximum atomic E-state index is 12.4. The molecule has 1 N–H and O–H groups in total. The van der Waals surface area contributed by atoms with Crippen LogP contribution in [-0.2, 0) is 25.4 Å². The number of aromatic nitrogens is 2. The third-order valence-corrected chi connectivity index (χ3v) is 3.80. The molecule has 0 spiro atoms. The normalized spacial score (nSPS) is 11.8. The fraction of sp³-hybridized carbons (Fsp3) is 0.444. The van der Waals surface area contributed by atoms with Crippen molar-refractivity contribution in [3.05, 3.63) is 52.8 Å². The zero-order chi connectivity index (χ0) is 17.9. The van der Waals surface area contributed by atoms with Gasteiger partial charge in [-0.25, -0.2) is 8.78 Å². The number of alkyl halides is 2. The lowest BCUT2D eigenvalue weighted by atomic mass is 9.87. The van der Waals surface area contributed by atoms with Crippen LogP contribution in [0.5, 0.6) is 0 Å². The highest BCUT2D eigenvalue weighted by Crippen LogP contribution is 2.22. The predicted molar refractivity (Wildman–Crippen MR) is 89.2 cm³/mol. The molecule has 1 aromatic heterocycles. The Balaban J connectivity index is 1.99. The minimum absolute atomic E-state index is 0.0809. The maximum absolute atomic E-state index is 12.4. The monoisotopic (exact) mass is 335 g/mol. The van der Waals surface area contributed by atoms with Gasteiger partial charge in [0.25, 0.3) is 5.91 Å².